The number of aromatic nitrogens is 1. The monoisotopic (exact) mass is 494 g/mol. The molecule has 2 aromatic carbocycles. The molecule has 1 aliphatic rings. The second-order valence-corrected chi connectivity index (χ2v) is 12.1. The van der Waals surface area contributed by atoms with Crippen molar-refractivity contribution in [1.29, 1.82) is 0 Å². The Balaban J connectivity index is 1.76. The van der Waals surface area contributed by atoms with Gasteiger partial charge in [-0.1, -0.05) is 108 Å². The first-order valence-electron chi connectivity index (χ1n) is 13.5. The Kier molecular flexibility index (Phi) is 8.39. The van der Waals surface area contributed by atoms with E-state index in [-0.39, 0.29) is 22.9 Å². The highest BCUT2D eigenvalue weighted by atomic mass is 15.0. The van der Waals surface area contributed by atoms with Crippen LogP contribution in [0.15, 0.2) is 76.7 Å². The van der Waals surface area contributed by atoms with Crippen LogP contribution in [-0.4, -0.2) is 30.5 Å². The smallest absolute Gasteiger partial charge is 0.0853 e. The highest BCUT2D eigenvalue weighted by Gasteiger charge is 2.26. The van der Waals surface area contributed by atoms with E-state index in [0.29, 0.717) is 0 Å². The lowest BCUT2D eigenvalue weighted by molar-refractivity contribution is 0.413. The summed E-state index contributed by atoms with van der Waals surface area (Å²) < 4.78 is 0. The lowest BCUT2D eigenvalue weighted by Crippen LogP contribution is -2.28. The minimum atomic E-state index is -0.0352. The van der Waals surface area contributed by atoms with Gasteiger partial charge in [-0.3, -0.25) is 9.98 Å². The molecule has 0 radical (unpaired) electrons. The summed E-state index contributed by atoms with van der Waals surface area (Å²) in [7, 11) is 0. The molecule has 0 aliphatic carbocycles. The van der Waals surface area contributed by atoms with Crippen LogP contribution in [-0.2, 0) is 10.8 Å². The van der Waals surface area contributed by atoms with Crippen LogP contribution in [0.1, 0.15) is 100 Å². The second-order valence-electron chi connectivity index (χ2n) is 12.1. The average Bonchev–Trinajstić information content (AvgIpc) is 2.86. The Hall–Kier alpha value is -3.11. The Labute approximate surface area is 223 Å². The summed E-state index contributed by atoms with van der Waals surface area (Å²) >= 11 is 0. The molecule has 0 spiro atoms. The first-order chi connectivity index (χ1) is 17.6. The van der Waals surface area contributed by atoms with Crippen LogP contribution in [0.25, 0.3) is 0 Å². The van der Waals surface area contributed by atoms with Crippen LogP contribution in [0.4, 0.5) is 0 Å². The number of hydrogen-bond donors (Lipinski definition) is 1. The average molecular weight is 495 g/mol. The SMILES string of the molecule is CC(C)(C)c1cc(C(C)(C)C)c2nc1/C=N/CC[C@@H](c1ccccc1)N[C@H](c1ccccc1)CC/N=C/2. The van der Waals surface area contributed by atoms with Crippen LogP contribution >= 0.6 is 0 Å². The zero-order valence-corrected chi connectivity index (χ0v) is 23.3. The normalized spacial score (nSPS) is 21.1. The van der Waals surface area contributed by atoms with Crippen molar-refractivity contribution in [3.05, 3.63) is 100 Å². The van der Waals surface area contributed by atoms with E-state index in [1.54, 1.807) is 0 Å². The predicted octanol–water partition coefficient (Wildman–Crippen LogP) is 7.38. The summed E-state index contributed by atoms with van der Waals surface area (Å²) in [4.78, 5) is 14.9. The molecule has 4 nitrogen and oxygen atoms in total. The molecule has 1 aliphatic heterocycles. The van der Waals surface area contributed by atoms with Crippen LogP contribution in [0.2, 0.25) is 0 Å². The third kappa shape index (κ3) is 7.01. The maximum absolute atomic E-state index is 5.13. The van der Waals surface area contributed by atoms with Crippen LogP contribution in [0.5, 0.6) is 0 Å². The lowest BCUT2D eigenvalue weighted by atomic mass is 9.79. The molecular weight excluding hydrogens is 452 g/mol. The molecule has 0 amide bonds. The molecule has 4 rings (SSSR count). The molecule has 1 aromatic heterocycles. The molecule has 0 fully saturated rings. The Morgan fingerprint density at radius 3 is 1.41 bits per heavy atom. The second kappa shape index (κ2) is 11.5. The summed E-state index contributed by atoms with van der Waals surface area (Å²) in [5.74, 6) is 0. The highest BCUT2D eigenvalue weighted by molar-refractivity contribution is 5.85. The predicted molar refractivity (Wildman–Crippen MR) is 157 cm³/mol. The van der Waals surface area contributed by atoms with Gasteiger partial charge in [-0.05, 0) is 45.9 Å². The molecule has 0 saturated heterocycles. The van der Waals surface area contributed by atoms with Crippen molar-refractivity contribution in [1.82, 2.24) is 10.3 Å². The number of nitrogens with zero attached hydrogens (tertiary/aromatic N) is 3. The van der Waals surface area contributed by atoms with Gasteiger partial charge in [0.05, 0.1) is 11.4 Å². The zero-order chi connectivity index (χ0) is 26.5. The topological polar surface area (TPSA) is 49.6 Å². The molecule has 0 saturated carbocycles. The third-order valence-electron chi connectivity index (χ3n) is 7.02. The molecule has 194 valence electrons. The van der Waals surface area contributed by atoms with Crippen molar-refractivity contribution in [3.63, 3.8) is 0 Å². The van der Waals surface area contributed by atoms with Gasteiger partial charge >= 0.3 is 0 Å². The summed E-state index contributed by atoms with van der Waals surface area (Å²) in [6, 6.07) is 24.2. The highest BCUT2D eigenvalue weighted by Crippen LogP contribution is 2.32. The Bertz CT molecular complexity index is 1120. The van der Waals surface area contributed by atoms with Crippen molar-refractivity contribution in [2.24, 2.45) is 9.98 Å². The minimum Gasteiger partial charge on any atom is -0.303 e. The fraction of sp³-hybridized carbons (Fsp3) is 0.424. The number of benzene rings is 2. The number of aliphatic imine (C=N–C) groups is 2. The first kappa shape index (κ1) is 26.9. The number of rotatable bonds is 2. The molecule has 2 bridgehead atoms. The summed E-state index contributed by atoms with van der Waals surface area (Å²) in [6.45, 7) is 14.9. The van der Waals surface area contributed by atoms with Crippen molar-refractivity contribution < 1.29 is 0 Å². The molecule has 2 atom stereocenters. The standard InChI is InChI=1S/C33H42N4/c1-32(2,3)26-21-27(33(4,5)6)31-23-35-20-18-29(25-15-11-8-12-16-25)36-28(24-13-9-7-10-14-24)17-19-34-22-30(26)37-31/h7-16,21-23,28-29,36H,17-20H2,1-6H3/b34-22+,35-23+/t28-,29-/m0/s1. The Morgan fingerprint density at radius 1 is 0.622 bits per heavy atom. The van der Waals surface area contributed by atoms with Crippen molar-refractivity contribution >= 4 is 12.4 Å². The minimum absolute atomic E-state index is 0.0352. The largest absolute Gasteiger partial charge is 0.303 e. The van der Waals surface area contributed by atoms with Gasteiger partial charge in [0.1, 0.15) is 0 Å². The fourth-order valence-electron chi connectivity index (χ4n) is 4.96. The van der Waals surface area contributed by atoms with Crippen LogP contribution in [0, 0.1) is 0 Å². The van der Waals surface area contributed by atoms with E-state index in [2.05, 4.69) is 114 Å². The van der Waals surface area contributed by atoms with Gasteiger partial charge in [0, 0.05) is 37.6 Å². The van der Waals surface area contributed by atoms with Gasteiger partial charge in [-0.15, -0.1) is 0 Å². The van der Waals surface area contributed by atoms with E-state index in [9.17, 15) is 0 Å². The molecule has 2 heterocycles. The zero-order valence-electron chi connectivity index (χ0n) is 23.3. The van der Waals surface area contributed by atoms with E-state index in [1.165, 1.54) is 22.3 Å². The number of hydrogen-bond acceptors (Lipinski definition) is 4. The van der Waals surface area contributed by atoms with Gasteiger partial charge in [-0.25, -0.2) is 4.98 Å². The van der Waals surface area contributed by atoms with E-state index in [1.807, 2.05) is 12.4 Å². The Morgan fingerprint density at radius 2 is 1.03 bits per heavy atom. The summed E-state index contributed by atoms with van der Waals surface area (Å²) in [6.07, 6.45) is 5.77. The van der Waals surface area contributed by atoms with Gasteiger partial charge in [0.15, 0.2) is 0 Å². The molecule has 4 heteroatoms. The van der Waals surface area contributed by atoms with E-state index in [0.717, 1.165) is 37.3 Å². The van der Waals surface area contributed by atoms with Crippen molar-refractivity contribution in [3.8, 4) is 0 Å². The van der Waals surface area contributed by atoms with Crippen LogP contribution < -0.4 is 5.32 Å². The van der Waals surface area contributed by atoms with Gasteiger partial charge in [0.25, 0.3) is 0 Å². The molecule has 1 N–H and O–H groups in total. The third-order valence-corrected chi connectivity index (χ3v) is 7.02. The number of fused-ring (bicyclic) bond motifs is 2. The van der Waals surface area contributed by atoms with Crippen molar-refractivity contribution in [2.45, 2.75) is 77.3 Å². The van der Waals surface area contributed by atoms with Gasteiger partial charge in [0.2, 0.25) is 0 Å². The fourth-order valence-corrected chi connectivity index (χ4v) is 4.96. The first-order valence-corrected chi connectivity index (χ1v) is 13.5. The number of pyridine rings is 1. The number of nitrogens with one attached hydrogen (secondary N) is 1. The van der Waals surface area contributed by atoms with E-state index in [4.69, 9.17) is 15.0 Å². The van der Waals surface area contributed by atoms with Gasteiger partial charge in [-0.2, -0.15) is 0 Å². The van der Waals surface area contributed by atoms with Crippen LogP contribution in [0.3, 0.4) is 0 Å². The van der Waals surface area contributed by atoms with E-state index >= 15 is 0 Å². The molecular formula is C33H42N4. The molecule has 37 heavy (non-hydrogen) atoms. The maximum atomic E-state index is 5.13. The summed E-state index contributed by atoms with van der Waals surface area (Å²) in [5.41, 5.74) is 6.87. The quantitative estimate of drug-likeness (QED) is 0.404. The van der Waals surface area contributed by atoms with E-state index < -0.39 is 0 Å². The summed E-state index contributed by atoms with van der Waals surface area (Å²) in [5, 5.41) is 3.96. The van der Waals surface area contributed by atoms with Gasteiger partial charge < -0.3 is 5.32 Å². The molecule has 0 unspecified atom stereocenters. The maximum Gasteiger partial charge on any atom is 0.0853 e. The van der Waals surface area contributed by atoms with Crippen molar-refractivity contribution in [2.75, 3.05) is 13.1 Å². The lowest BCUT2D eigenvalue weighted by Gasteiger charge is -2.28. The molecule has 3 aromatic rings.